The molecule has 0 aliphatic carbocycles. The molecule has 0 saturated carbocycles. The smallest absolute Gasteiger partial charge is 0.278 e. The third-order valence-electron chi connectivity index (χ3n) is 3.28. The summed E-state index contributed by atoms with van der Waals surface area (Å²) in [5, 5.41) is 1.25. The van der Waals surface area contributed by atoms with Gasteiger partial charge in [-0.2, -0.15) is 0 Å². The van der Waals surface area contributed by atoms with Gasteiger partial charge in [-0.3, -0.25) is 24.9 Å². The lowest BCUT2D eigenvalue weighted by molar-refractivity contribution is -0.121. The summed E-state index contributed by atoms with van der Waals surface area (Å²) in [6.45, 7) is 1.57. The Hall–Kier alpha value is -2.14. The van der Waals surface area contributed by atoms with Crippen molar-refractivity contribution < 1.29 is 13.2 Å². The van der Waals surface area contributed by atoms with Crippen molar-refractivity contribution in [3.63, 3.8) is 0 Å². The van der Waals surface area contributed by atoms with E-state index in [-0.39, 0.29) is 17.9 Å². The molecule has 0 spiro atoms. The van der Waals surface area contributed by atoms with Crippen LogP contribution in [0.4, 0.5) is 0 Å². The Bertz CT molecular complexity index is 1040. The summed E-state index contributed by atoms with van der Waals surface area (Å²) in [6.07, 6.45) is -0.301. The fraction of sp³-hybridized carbons (Fsp3) is 0.214. The number of benzene rings is 1. The van der Waals surface area contributed by atoms with Gasteiger partial charge in [0.1, 0.15) is 10.0 Å². The second kappa shape index (κ2) is 8.04. The largest absolute Gasteiger partial charge is 0.285 e. The van der Waals surface area contributed by atoms with E-state index in [9.17, 15) is 22.8 Å². The Morgan fingerprint density at radius 1 is 1.15 bits per heavy atom. The van der Waals surface area contributed by atoms with E-state index in [0.717, 1.165) is 10.2 Å². The van der Waals surface area contributed by atoms with Gasteiger partial charge in [-0.25, -0.2) is 13.1 Å². The molecule has 2 aromatic rings. The average molecular weight is 421 g/mol. The topological polar surface area (TPSA) is 130 Å². The fourth-order valence-electron chi connectivity index (χ4n) is 1.87. The highest BCUT2D eigenvalue weighted by atomic mass is 35.5. The predicted molar refractivity (Wildman–Crippen MR) is 95.6 cm³/mol. The molecule has 26 heavy (non-hydrogen) atoms. The Morgan fingerprint density at radius 3 is 2.38 bits per heavy atom. The van der Waals surface area contributed by atoms with E-state index in [1.165, 1.54) is 12.1 Å². The van der Waals surface area contributed by atoms with Crippen molar-refractivity contribution in [1.29, 1.82) is 0 Å². The number of aromatic amines is 1. The van der Waals surface area contributed by atoms with Gasteiger partial charge in [0.05, 0.1) is 11.4 Å². The Morgan fingerprint density at radius 2 is 1.77 bits per heavy atom. The molecular formula is C14H14Cl2N4O5S. The summed E-state index contributed by atoms with van der Waals surface area (Å²) in [5.41, 5.74) is 1.35. The third-order valence-corrected chi connectivity index (χ3v) is 5.35. The fourth-order valence-corrected chi connectivity index (χ4v) is 3.04. The number of hydrazine groups is 1. The number of amides is 1. The minimum absolute atomic E-state index is 0.0200. The van der Waals surface area contributed by atoms with E-state index >= 15 is 0 Å². The van der Waals surface area contributed by atoms with E-state index in [4.69, 9.17) is 23.2 Å². The molecule has 0 aliphatic heterocycles. The van der Waals surface area contributed by atoms with Gasteiger partial charge in [-0.1, -0.05) is 40.9 Å². The standard InChI is InChI=1S/C14H14Cl2N4O5S/c1-8-2-4-9(5-3-8)26(24,25)19-17-10(21)6-7-20-14(23)12(16)11(15)13(22)18-20/h2-5,19H,6-7H2,1H3,(H,17,21)(H,18,22). The maximum atomic E-state index is 12.0. The quantitative estimate of drug-likeness (QED) is 0.587. The lowest BCUT2D eigenvalue weighted by atomic mass is 10.2. The Balaban J connectivity index is 1.99. The van der Waals surface area contributed by atoms with Crippen LogP contribution in [0.1, 0.15) is 12.0 Å². The van der Waals surface area contributed by atoms with Crippen LogP contribution in [0.15, 0.2) is 38.8 Å². The number of H-pyrrole nitrogens is 1. The number of carbonyl (C=O) groups excluding carboxylic acids is 1. The molecule has 0 bridgehead atoms. The van der Waals surface area contributed by atoms with E-state index in [1.54, 1.807) is 19.1 Å². The number of nitrogens with one attached hydrogen (secondary N) is 3. The number of nitrogens with zero attached hydrogens (tertiary/aromatic N) is 1. The number of carbonyl (C=O) groups is 1. The lowest BCUT2D eigenvalue weighted by Crippen LogP contribution is -2.42. The van der Waals surface area contributed by atoms with Crippen LogP contribution in [0.5, 0.6) is 0 Å². The molecule has 0 aliphatic rings. The van der Waals surface area contributed by atoms with Crippen LogP contribution in [0.2, 0.25) is 10.0 Å². The van der Waals surface area contributed by atoms with E-state index in [2.05, 4.69) is 5.10 Å². The molecule has 1 aromatic carbocycles. The van der Waals surface area contributed by atoms with Crippen molar-refractivity contribution in [2.24, 2.45) is 0 Å². The molecule has 0 saturated heterocycles. The van der Waals surface area contributed by atoms with Crippen LogP contribution in [-0.4, -0.2) is 24.1 Å². The highest BCUT2D eigenvalue weighted by Gasteiger charge is 2.16. The number of aryl methyl sites for hydroxylation is 2. The average Bonchev–Trinajstić information content (AvgIpc) is 2.60. The molecule has 0 radical (unpaired) electrons. The lowest BCUT2D eigenvalue weighted by Gasteiger charge is -2.10. The third kappa shape index (κ3) is 4.73. The monoisotopic (exact) mass is 420 g/mol. The molecule has 0 unspecified atom stereocenters. The molecule has 1 aromatic heterocycles. The molecule has 1 heterocycles. The second-order valence-electron chi connectivity index (χ2n) is 5.24. The number of sulfonamides is 1. The minimum atomic E-state index is -3.93. The number of hydrogen-bond acceptors (Lipinski definition) is 5. The summed E-state index contributed by atoms with van der Waals surface area (Å²) < 4.78 is 24.9. The number of hydrogen-bond donors (Lipinski definition) is 3. The normalized spacial score (nSPS) is 11.3. The van der Waals surface area contributed by atoms with Gasteiger partial charge in [-0.15, -0.1) is 4.83 Å². The van der Waals surface area contributed by atoms with Crippen LogP contribution in [-0.2, 0) is 21.4 Å². The van der Waals surface area contributed by atoms with Crippen molar-refractivity contribution in [2.75, 3.05) is 0 Å². The van der Waals surface area contributed by atoms with Crippen LogP contribution < -0.4 is 21.4 Å². The summed E-state index contributed by atoms with van der Waals surface area (Å²) in [6, 6.07) is 6.01. The maximum absolute atomic E-state index is 12.0. The first-order valence-electron chi connectivity index (χ1n) is 7.17. The number of aromatic nitrogens is 2. The first kappa shape index (κ1) is 20.2. The SMILES string of the molecule is Cc1ccc(S(=O)(=O)NNC(=O)CCn2[nH]c(=O)c(Cl)c(Cl)c2=O)cc1. The molecule has 140 valence electrons. The van der Waals surface area contributed by atoms with Crippen LogP contribution >= 0.6 is 23.2 Å². The Kier molecular flexibility index (Phi) is 6.24. The molecule has 12 heteroatoms. The zero-order chi connectivity index (χ0) is 19.5. The van der Waals surface area contributed by atoms with Crippen molar-refractivity contribution in [2.45, 2.75) is 24.8 Å². The minimum Gasteiger partial charge on any atom is -0.278 e. The van der Waals surface area contributed by atoms with E-state index in [0.29, 0.717) is 0 Å². The number of rotatable bonds is 6. The van der Waals surface area contributed by atoms with Crippen LogP contribution in [0.3, 0.4) is 0 Å². The molecule has 0 fully saturated rings. The highest BCUT2D eigenvalue weighted by Crippen LogP contribution is 2.11. The van der Waals surface area contributed by atoms with Gasteiger partial charge in [0.2, 0.25) is 5.91 Å². The van der Waals surface area contributed by atoms with Gasteiger partial charge in [0, 0.05) is 6.42 Å². The van der Waals surface area contributed by atoms with Gasteiger partial charge in [0.15, 0.2) is 0 Å². The zero-order valence-electron chi connectivity index (χ0n) is 13.4. The first-order chi connectivity index (χ1) is 12.1. The maximum Gasteiger partial charge on any atom is 0.285 e. The highest BCUT2D eigenvalue weighted by molar-refractivity contribution is 7.89. The Labute approximate surface area is 157 Å². The van der Waals surface area contributed by atoms with E-state index < -0.39 is 37.1 Å². The van der Waals surface area contributed by atoms with Gasteiger partial charge < -0.3 is 0 Å². The van der Waals surface area contributed by atoms with Crippen molar-refractivity contribution >= 4 is 39.1 Å². The van der Waals surface area contributed by atoms with Gasteiger partial charge in [-0.05, 0) is 19.1 Å². The summed E-state index contributed by atoms with van der Waals surface area (Å²) in [5.74, 6) is -0.723. The molecule has 1 amide bonds. The number of halogens is 2. The van der Waals surface area contributed by atoms with Crippen LogP contribution in [0, 0.1) is 6.92 Å². The van der Waals surface area contributed by atoms with Crippen molar-refractivity contribution in [3.8, 4) is 0 Å². The van der Waals surface area contributed by atoms with Crippen LogP contribution in [0.25, 0.3) is 0 Å². The molecular weight excluding hydrogens is 407 g/mol. The van der Waals surface area contributed by atoms with E-state index in [1.807, 2.05) is 10.3 Å². The summed E-state index contributed by atoms with van der Waals surface area (Å²) in [7, 11) is -3.93. The van der Waals surface area contributed by atoms with Gasteiger partial charge in [0.25, 0.3) is 21.1 Å². The molecule has 0 atom stereocenters. The first-order valence-corrected chi connectivity index (χ1v) is 9.41. The van der Waals surface area contributed by atoms with Crippen molar-refractivity contribution in [3.05, 3.63) is 60.6 Å². The zero-order valence-corrected chi connectivity index (χ0v) is 15.7. The van der Waals surface area contributed by atoms with Crippen molar-refractivity contribution in [1.82, 2.24) is 20.0 Å². The molecule has 9 nitrogen and oxygen atoms in total. The van der Waals surface area contributed by atoms with Gasteiger partial charge >= 0.3 is 0 Å². The summed E-state index contributed by atoms with van der Waals surface area (Å²) >= 11 is 11.2. The molecule has 2 rings (SSSR count). The second-order valence-corrected chi connectivity index (χ2v) is 7.68. The predicted octanol–water partition coefficient (Wildman–Crippen LogP) is 0.552. The summed E-state index contributed by atoms with van der Waals surface area (Å²) in [4.78, 5) is 37.0. The molecule has 3 N–H and O–H groups in total.